The molecule has 4 nitrogen and oxygen atoms in total. The smallest absolute Gasteiger partial charge is 0.315 e. The number of hydrogen-bond donors (Lipinski definition) is 0. The Morgan fingerprint density at radius 1 is 1.00 bits per heavy atom. The molecule has 1 aromatic carbocycles. The lowest BCUT2D eigenvalue weighted by atomic mass is 9.79. The van der Waals surface area contributed by atoms with E-state index in [-0.39, 0.29) is 17.9 Å². The molecule has 1 aliphatic rings. The van der Waals surface area contributed by atoms with E-state index < -0.39 is 5.92 Å². The molecule has 4 heteroatoms. The van der Waals surface area contributed by atoms with Gasteiger partial charge in [-0.2, -0.15) is 0 Å². The van der Waals surface area contributed by atoms with Gasteiger partial charge < -0.3 is 9.47 Å². The van der Waals surface area contributed by atoms with Gasteiger partial charge in [-0.1, -0.05) is 18.9 Å². The van der Waals surface area contributed by atoms with Crippen molar-refractivity contribution >= 4 is 11.9 Å². The topological polar surface area (TPSA) is 52.6 Å². The lowest BCUT2D eigenvalue weighted by Gasteiger charge is -2.28. The van der Waals surface area contributed by atoms with Gasteiger partial charge in [0.2, 0.25) is 0 Å². The number of benzene rings is 1. The molecule has 22 heavy (non-hydrogen) atoms. The SMILES string of the molecule is CCOC(=O)C1CCCCC1C(=O)Oc1cc(C)cc(C)c1. The van der Waals surface area contributed by atoms with Crippen molar-refractivity contribution in [3.8, 4) is 5.75 Å². The fraction of sp³-hybridized carbons (Fsp3) is 0.556. The Hall–Kier alpha value is -1.84. The minimum Gasteiger partial charge on any atom is -0.466 e. The molecule has 1 fully saturated rings. The first-order valence-corrected chi connectivity index (χ1v) is 7.98. The van der Waals surface area contributed by atoms with E-state index in [2.05, 4.69) is 0 Å². The molecule has 2 atom stereocenters. The molecular formula is C18H24O4. The summed E-state index contributed by atoms with van der Waals surface area (Å²) < 4.78 is 10.6. The first-order chi connectivity index (χ1) is 10.5. The number of ether oxygens (including phenoxy) is 2. The van der Waals surface area contributed by atoms with Gasteiger partial charge in [-0.25, -0.2) is 0 Å². The fourth-order valence-corrected chi connectivity index (χ4v) is 3.13. The number of hydrogen-bond acceptors (Lipinski definition) is 4. The van der Waals surface area contributed by atoms with Crippen molar-refractivity contribution in [1.29, 1.82) is 0 Å². The molecule has 0 bridgehead atoms. The predicted molar refractivity (Wildman–Crippen MR) is 83.6 cm³/mol. The average molecular weight is 304 g/mol. The zero-order valence-electron chi connectivity index (χ0n) is 13.6. The van der Waals surface area contributed by atoms with Crippen LogP contribution in [0.4, 0.5) is 0 Å². The van der Waals surface area contributed by atoms with Crippen LogP contribution in [0, 0.1) is 25.7 Å². The van der Waals surface area contributed by atoms with Gasteiger partial charge in [0.1, 0.15) is 5.75 Å². The summed E-state index contributed by atoms with van der Waals surface area (Å²) in [5.41, 5.74) is 2.10. The molecule has 1 aromatic rings. The van der Waals surface area contributed by atoms with Gasteiger partial charge in [-0.3, -0.25) is 9.59 Å². The summed E-state index contributed by atoms with van der Waals surface area (Å²) in [5, 5.41) is 0. The van der Waals surface area contributed by atoms with E-state index in [1.54, 1.807) is 6.92 Å². The first kappa shape index (κ1) is 16.5. The maximum absolute atomic E-state index is 12.5. The lowest BCUT2D eigenvalue weighted by Crippen LogP contribution is -2.36. The van der Waals surface area contributed by atoms with Crippen LogP contribution in [-0.2, 0) is 14.3 Å². The number of esters is 2. The van der Waals surface area contributed by atoms with Crippen LogP contribution < -0.4 is 4.74 Å². The molecule has 2 rings (SSSR count). The minimum absolute atomic E-state index is 0.274. The number of aryl methyl sites for hydroxylation is 2. The monoisotopic (exact) mass is 304 g/mol. The van der Waals surface area contributed by atoms with Crippen LogP contribution in [-0.4, -0.2) is 18.5 Å². The van der Waals surface area contributed by atoms with Gasteiger partial charge in [0.15, 0.2) is 0 Å². The quantitative estimate of drug-likeness (QED) is 0.630. The van der Waals surface area contributed by atoms with Crippen LogP contribution in [0.2, 0.25) is 0 Å². The molecule has 0 aliphatic heterocycles. The third-order valence-electron chi connectivity index (χ3n) is 4.07. The zero-order chi connectivity index (χ0) is 16.1. The second-order valence-corrected chi connectivity index (χ2v) is 5.99. The standard InChI is InChI=1S/C18H24O4/c1-4-21-17(19)15-7-5-6-8-16(15)18(20)22-14-10-12(2)9-13(3)11-14/h9-11,15-16H,4-8H2,1-3H3. The summed E-state index contributed by atoms with van der Waals surface area (Å²) >= 11 is 0. The van der Waals surface area contributed by atoms with Crippen LogP contribution in [0.15, 0.2) is 18.2 Å². The van der Waals surface area contributed by atoms with E-state index in [4.69, 9.17) is 9.47 Å². The molecule has 120 valence electrons. The highest BCUT2D eigenvalue weighted by Gasteiger charge is 2.38. The molecule has 0 spiro atoms. The summed E-state index contributed by atoms with van der Waals surface area (Å²) in [6, 6.07) is 5.71. The molecule has 0 N–H and O–H groups in total. The largest absolute Gasteiger partial charge is 0.466 e. The van der Waals surface area contributed by atoms with Crippen molar-refractivity contribution in [2.24, 2.45) is 11.8 Å². The molecule has 0 amide bonds. The van der Waals surface area contributed by atoms with Crippen molar-refractivity contribution in [3.63, 3.8) is 0 Å². The van der Waals surface area contributed by atoms with Crippen LogP contribution in [0.3, 0.4) is 0 Å². The Labute approximate surface area is 131 Å². The maximum atomic E-state index is 12.5. The highest BCUT2D eigenvalue weighted by atomic mass is 16.5. The van der Waals surface area contributed by atoms with Crippen molar-refractivity contribution < 1.29 is 19.1 Å². The third kappa shape index (κ3) is 4.09. The molecule has 1 aliphatic carbocycles. The van der Waals surface area contributed by atoms with Crippen molar-refractivity contribution in [2.75, 3.05) is 6.61 Å². The van der Waals surface area contributed by atoms with Crippen LogP contribution in [0.25, 0.3) is 0 Å². The van der Waals surface area contributed by atoms with E-state index in [1.165, 1.54) is 0 Å². The van der Waals surface area contributed by atoms with Crippen LogP contribution >= 0.6 is 0 Å². The Morgan fingerprint density at radius 2 is 1.55 bits per heavy atom. The van der Waals surface area contributed by atoms with E-state index in [1.807, 2.05) is 32.0 Å². The Bertz CT molecular complexity index is 530. The molecule has 0 radical (unpaired) electrons. The van der Waals surface area contributed by atoms with Gasteiger partial charge in [0.05, 0.1) is 18.4 Å². The number of carbonyl (C=O) groups excluding carboxylic acids is 2. The first-order valence-electron chi connectivity index (χ1n) is 7.98. The summed E-state index contributed by atoms with van der Waals surface area (Å²) in [4.78, 5) is 24.5. The average Bonchev–Trinajstić information content (AvgIpc) is 2.46. The molecule has 1 saturated carbocycles. The van der Waals surface area contributed by atoms with Gasteiger partial charge in [0, 0.05) is 0 Å². The van der Waals surface area contributed by atoms with Crippen molar-refractivity contribution in [3.05, 3.63) is 29.3 Å². The molecule has 2 unspecified atom stereocenters. The minimum atomic E-state index is -0.395. The van der Waals surface area contributed by atoms with E-state index in [0.717, 1.165) is 24.0 Å². The maximum Gasteiger partial charge on any atom is 0.315 e. The Morgan fingerprint density at radius 3 is 2.09 bits per heavy atom. The van der Waals surface area contributed by atoms with Gasteiger partial charge >= 0.3 is 11.9 Å². The van der Waals surface area contributed by atoms with Gasteiger partial charge in [-0.15, -0.1) is 0 Å². The predicted octanol–water partition coefficient (Wildman–Crippen LogP) is 3.58. The summed E-state index contributed by atoms with van der Waals surface area (Å²) in [6.07, 6.45) is 3.29. The highest BCUT2D eigenvalue weighted by Crippen LogP contribution is 2.32. The summed E-state index contributed by atoms with van der Waals surface area (Å²) in [6.45, 7) is 6.05. The number of carbonyl (C=O) groups is 2. The lowest BCUT2D eigenvalue weighted by molar-refractivity contribution is -0.158. The molecule has 0 saturated heterocycles. The van der Waals surface area contributed by atoms with Crippen LogP contribution in [0.1, 0.15) is 43.7 Å². The van der Waals surface area contributed by atoms with Gasteiger partial charge in [-0.05, 0) is 56.9 Å². The summed E-state index contributed by atoms with van der Waals surface area (Å²) in [5.74, 6) is -0.802. The third-order valence-corrected chi connectivity index (χ3v) is 4.07. The normalized spacial score (nSPS) is 21.2. The zero-order valence-corrected chi connectivity index (χ0v) is 13.6. The second-order valence-electron chi connectivity index (χ2n) is 5.99. The number of rotatable bonds is 4. The molecular weight excluding hydrogens is 280 g/mol. The van der Waals surface area contributed by atoms with E-state index in [9.17, 15) is 9.59 Å². The van der Waals surface area contributed by atoms with E-state index in [0.29, 0.717) is 25.2 Å². The van der Waals surface area contributed by atoms with Crippen molar-refractivity contribution in [2.45, 2.75) is 46.5 Å². The summed E-state index contributed by atoms with van der Waals surface area (Å²) in [7, 11) is 0. The van der Waals surface area contributed by atoms with Crippen LogP contribution in [0.5, 0.6) is 5.75 Å². The molecule has 0 heterocycles. The van der Waals surface area contributed by atoms with E-state index >= 15 is 0 Å². The second kappa shape index (κ2) is 7.43. The Kier molecular flexibility index (Phi) is 5.58. The highest BCUT2D eigenvalue weighted by molar-refractivity contribution is 5.83. The molecule has 0 aromatic heterocycles. The fourth-order valence-electron chi connectivity index (χ4n) is 3.13. The van der Waals surface area contributed by atoms with Gasteiger partial charge in [0.25, 0.3) is 0 Å². The Balaban J connectivity index is 2.10. The van der Waals surface area contributed by atoms with Crippen molar-refractivity contribution in [1.82, 2.24) is 0 Å².